The van der Waals surface area contributed by atoms with Crippen LogP contribution in [0.15, 0.2) is 6.20 Å². The molecule has 0 radical (unpaired) electrons. The van der Waals surface area contributed by atoms with E-state index < -0.39 is 17.9 Å². The maximum Gasteiger partial charge on any atom is 0.327 e. The first-order valence-electron chi connectivity index (χ1n) is 6.71. The molecule has 1 fully saturated rings. The number of hydrogen-bond acceptors (Lipinski definition) is 5. The van der Waals surface area contributed by atoms with Crippen LogP contribution in [0.3, 0.4) is 0 Å². The van der Waals surface area contributed by atoms with Crippen molar-refractivity contribution in [1.82, 2.24) is 25.6 Å². The molecule has 1 atom stereocenters. The molecule has 0 saturated carbocycles. The Balaban J connectivity index is 2.01. The Bertz CT molecular complexity index is 556. The summed E-state index contributed by atoms with van der Waals surface area (Å²) in [4.78, 5) is 22.9. The minimum atomic E-state index is -1.17. The van der Waals surface area contributed by atoms with Crippen molar-refractivity contribution < 1.29 is 14.7 Å². The minimum absolute atomic E-state index is 0.0799. The molecule has 2 rings (SSSR count). The minimum Gasteiger partial charge on any atom is -0.480 e. The van der Waals surface area contributed by atoms with Gasteiger partial charge in [0.25, 0.3) is 5.91 Å². The number of carboxylic acid groups (broad SMARTS) is 1. The van der Waals surface area contributed by atoms with Crippen molar-refractivity contribution in [2.24, 2.45) is 0 Å². The molecule has 1 aromatic rings. The Hall–Kier alpha value is -2.40. The molecule has 2 heterocycles. The maximum absolute atomic E-state index is 12.0. The van der Waals surface area contributed by atoms with Crippen LogP contribution in [0.2, 0.25) is 0 Å². The van der Waals surface area contributed by atoms with Crippen molar-refractivity contribution in [3.63, 3.8) is 0 Å². The highest BCUT2D eigenvalue weighted by atomic mass is 16.4. The zero-order valence-electron chi connectivity index (χ0n) is 11.5. The fraction of sp³-hybridized carbons (Fsp3) is 0.538. The Kier molecular flexibility index (Phi) is 4.90. The van der Waals surface area contributed by atoms with Crippen molar-refractivity contribution in [2.75, 3.05) is 13.1 Å². The second-order valence-corrected chi connectivity index (χ2v) is 4.84. The smallest absolute Gasteiger partial charge is 0.327 e. The molecule has 0 aliphatic carbocycles. The number of hydrogen-bond donors (Lipinski definition) is 3. The van der Waals surface area contributed by atoms with Crippen LogP contribution >= 0.6 is 0 Å². The lowest BCUT2D eigenvalue weighted by Gasteiger charge is -2.22. The van der Waals surface area contributed by atoms with Crippen LogP contribution < -0.4 is 10.6 Å². The predicted octanol–water partition coefficient (Wildman–Crippen LogP) is -0.591. The summed E-state index contributed by atoms with van der Waals surface area (Å²) in [5.41, 5.74) is 0.0943. The Morgan fingerprint density at radius 2 is 2.29 bits per heavy atom. The van der Waals surface area contributed by atoms with Gasteiger partial charge >= 0.3 is 5.97 Å². The summed E-state index contributed by atoms with van der Waals surface area (Å²) in [5.74, 6) is 0.460. The average molecular weight is 291 g/mol. The molecule has 8 heteroatoms. The summed E-state index contributed by atoms with van der Waals surface area (Å²) in [6.07, 6.45) is 8.37. The summed E-state index contributed by atoms with van der Waals surface area (Å²) < 4.78 is 1.66. The summed E-state index contributed by atoms with van der Waals surface area (Å²) in [6.45, 7) is 1.80. The van der Waals surface area contributed by atoms with E-state index >= 15 is 0 Å². The SMILES string of the molecule is C#CCC(NC(=O)c1cn(C2CCNCC2)nn1)C(=O)O. The predicted molar refractivity (Wildman–Crippen MR) is 73.5 cm³/mol. The van der Waals surface area contributed by atoms with Gasteiger partial charge in [-0.15, -0.1) is 17.4 Å². The molecule has 21 heavy (non-hydrogen) atoms. The lowest BCUT2D eigenvalue weighted by Crippen LogP contribution is -2.40. The summed E-state index contributed by atoms with van der Waals surface area (Å²) >= 11 is 0. The summed E-state index contributed by atoms with van der Waals surface area (Å²) in [6, 6.07) is -0.909. The standard InChI is InChI=1S/C13H17N5O3/c1-2-3-10(13(20)21)15-12(19)11-8-18(17-16-11)9-4-6-14-7-5-9/h1,8-10,14H,3-7H2,(H,15,19)(H,20,21). The lowest BCUT2D eigenvalue weighted by atomic mass is 10.1. The highest BCUT2D eigenvalue weighted by Crippen LogP contribution is 2.17. The third kappa shape index (κ3) is 3.79. The maximum atomic E-state index is 12.0. The summed E-state index contributed by atoms with van der Waals surface area (Å²) in [5, 5.41) is 22.3. The van der Waals surface area contributed by atoms with Gasteiger partial charge in [0, 0.05) is 6.42 Å². The van der Waals surface area contributed by atoms with Gasteiger partial charge in [0.2, 0.25) is 0 Å². The van der Waals surface area contributed by atoms with Crippen LogP contribution in [0.25, 0.3) is 0 Å². The molecular weight excluding hydrogens is 274 g/mol. The number of carboxylic acids is 1. The molecule has 1 aliphatic rings. The first-order valence-corrected chi connectivity index (χ1v) is 6.71. The van der Waals surface area contributed by atoms with E-state index in [4.69, 9.17) is 11.5 Å². The largest absolute Gasteiger partial charge is 0.480 e. The van der Waals surface area contributed by atoms with Crippen molar-refractivity contribution in [3.05, 3.63) is 11.9 Å². The first-order chi connectivity index (χ1) is 10.1. The van der Waals surface area contributed by atoms with E-state index in [1.807, 2.05) is 0 Å². The molecule has 1 saturated heterocycles. The molecular formula is C13H17N5O3. The second-order valence-electron chi connectivity index (χ2n) is 4.84. The normalized spacial score (nSPS) is 16.9. The number of rotatable bonds is 5. The molecule has 1 unspecified atom stereocenters. The third-order valence-electron chi connectivity index (χ3n) is 3.35. The molecule has 8 nitrogen and oxygen atoms in total. The Morgan fingerprint density at radius 1 is 1.57 bits per heavy atom. The number of nitrogens with zero attached hydrogens (tertiary/aromatic N) is 3. The molecule has 1 aliphatic heterocycles. The van der Waals surface area contributed by atoms with Gasteiger partial charge in [-0.3, -0.25) is 4.79 Å². The number of carbonyl (C=O) groups is 2. The number of nitrogens with one attached hydrogen (secondary N) is 2. The van der Waals surface area contributed by atoms with Crippen LogP contribution in [0, 0.1) is 12.3 Å². The fourth-order valence-electron chi connectivity index (χ4n) is 2.18. The van der Waals surface area contributed by atoms with E-state index in [1.165, 1.54) is 0 Å². The number of aliphatic carboxylic acids is 1. The third-order valence-corrected chi connectivity index (χ3v) is 3.35. The number of piperidine rings is 1. The van der Waals surface area contributed by atoms with Gasteiger partial charge in [-0.2, -0.15) is 0 Å². The van der Waals surface area contributed by atoms with Crippen LogP contribution in [0.1, 0.15) is 35.8 Å². The number of carbonyl (C=O) groups excluding carboxylic acids is 1. The van der Waals surface area contributed by atoms with Gasteiger partial charge in [-0.25, -0.2) is 9.48 Å². The quantitative estimate of drug-likeness (QED) is 0.626. The van der Waals surface area contributed by atoms with Crippen molar-refractivity contribution in [1.29, 1.82) is 0 Å². The van der Waals surface area contributed by atoms with Gasteiger partial charge in [0.05, 0.1) is 12.2 Å². The molecule has 0 spiro atoms. The highest BCUT2D eigenvalue weighted by molar-refractivity contribution is 5.94. The van der Waals surface area contributed by atoms with Crippen LogP contribution in [0.5, 0.6) is 0 Å². The monoisotopic (exact) mass is 291 g/mol. The number of amides is 1. The topological polar surface area (TPSA) is 109 Å². The van der Waals surface area contributed by atoms with Crippen LogP contribution in [-0.2, 0) is 4.79 Å². The van der Waals surface area contributed by atoms with Gasteiger partial charge in [-0.1, -0.05) is 5.21 Å². The lowest BCUT2D eigenvalue weighted by molar-refractivity contribution is -0.139. The van der Waals surface area contributed by atoms with Crippen molar-refractivity contribution in [2.45, 2.75) is 31.3 Å². The van der Waals surface area contributed by atoms with Gasteiger partial charge < -0.3 is 15.7 Å². The first kappa shape index (κ1) is 15.0. The fourth-order valence-corrected chi connectivity index (χ4v) is 2.18. The number of aromatic nitrogens is 3. The van der Waals surface area contributed by atoms with Gasteiger partial charge in [0.15, 0.2) is 5.69 Å². The average Bonchev–Trinajstić information content (AvgIpc) is 2.97. The van der Waals surface area contributed by atoms with Crippen LogP contribution in [0.4, 0.5) is 0 Å². The van der Waals surface area contributed by atoms with E-state index in [0.717, 1.165) is 25.9 Å². The van der Waals surface area contributed by atoms with E-state index in [9.17, 15) is 9.59 Å². The van der Waals surface area contributed by atoms with Gasteiger partial charge in [0.1, 0.15) is 6.04 Å². The zero-order valence-corrected chi connectivity index (χ0v) is 11.5. The van der Waals surface area contributed by atoms with E-state index in [2.05, 4.69) is 26.9 Å². The number of terminal acetylenes is 1. The van der Waals surface area contributed by atoms with E-state index in [1.54, 1.807) is 10.9 Å². The molecule has 1 aromatic heterocycles. The van der Waals surface area contributed by atoms with E-state index in [0.29, 0.717) is 0 Å². The van der Waals surface area contributed by atoms with Gasteiger partial charge in [-0.05, 0) is 25.9 Å². The zero-order chi connectivity index (χ0) is 15.2. The highest BCUT2D eigenvalue weighted by Gasteiger charge is 2.23. The van der Waals surface area contributed by atoms with Crippen molar-refractivity contribution in [3.8, 4) is 12.3 Å². The van der Waals surface area contributed by atoms with Crippen molar-refractivity contribution >= 4 is 11.9 Å². The molecule has 112 valence electrons. The molecule has 3 N–H and O–H groups in total. The van der Waals surface area contributed by atoms with E-state index in [-0.39, 0.29) is 18.2 Å². The molecule has 1 amide bonds. The summed E-state index contributed by atoms with van der Waals surface area (Å²) in [7, 11) is 0. The van der Waals surface area contributed by atoms with Crippen LogP contribution in [-0.4, -0.2) is 51.1 Å². The Labute approximate surface area is 121 Å². The molecule has 0 bridgehead atoms. The second kappa shape index (κ2) is 6.85. The Morgan fingerprint density at radius 3 is 2.90 bits per heavy atom. The molecule has 0 aromatic carbocycles.